The fourth-order valence-electron chi connectivity index (χ4n) is 5.54. The van der Waals surface area contributed by atoms with Gasteiger partial charge in [-0.15, -0.1) is 0 Å². The lowest BCUT2D eigenvalue weighted by molar-refractivity contribution is -0.138. The third kappa shape index (κ3) is 7.32. The molecule has 1 aliphatic heterocycles. The van der Waals surface area contributed by atoms with Crippen molar-refractivity contribution in [3.05, 3.63) is 58.9 Å². The topological polar surface area (TPSA) is 138 Å². The molecule has 14 heteroatoms. The van der Waals surface area contributed by atoms with Crippen LogP contribution in [-0.4, -0.2) is 69.0 Å². The predicted octanol–water partition coefficient (Wildman–Crippen LogP) is 6.91. The van der Waals surface area contributed by atoms with Crippen LogP contribution in [0.2, 0.25) is 25.7 Å². The minimum Gasteiger partial charge on any atom is -0.480 e. The summed E-state index contributed by atoms with van der Waals surface area (Å²) in [5, 5.41) is 19.5. The van der Waals surface area contributed by atoms with Crippen molar-refractivity contribution >= 4 is 49.0 Å². The molecular weight excluding hydrogens is 633 g/mol. The standard InChI is InChI=1S/C32H39F2N5O5SSi/c1-19-26-31(5,22-13-20(9-10-23(22)33)14-24(34)25-17-36-21(15-35)16-37-25)38-28(45-32(19,26)27(40)41)39(29(42)44-30(2,3)4)18-43-11-12-46(6,7)8/h9-10,13-14,16-17,19,26H,11-12,18H2,1-8H3,(H,40,41)/b24-14-/t19-,26+,31+,32-/m0/s1. The van der Waals surface area contributed by atoms with E-state index in [1.165, 1.54) is 23.1 Å². The molecule has 0 unspecified atom stereocenters. The van der Waals surface area contributed by atoms with E-state index in [0.717, 1.165) is 36.3 Å². The van der Waals surface area contributed by atoms with E-state index in [0.29, 0.717) is 6.61 Å². The highest BCUT2D eigenvalue weighted by Gasteiger charge is 2.77. The molecule has 1 N–H and O–H groups in total. The number of carboxylic acid groups (broad SMARTS) is 1. The maximum absolute atomic E-state index is 15.7. The second-order valence-corrected chi connectivity index (χ2v) is 20.8. The summed E-state index contributed by atoms with van der Waals surface area (Å²) in [6.45, 7) is 15.3. The first kappa shape index (κ1) is 35.2. The summed E-state index contributed by atoms with van der Waals surface area (Å²) >= 11 is 0.940. The van der Waals surface area contributed by atoms with Crippen LogP contribution in [0.25, 0.3) is 11.9 Å². The number of amidine groups is 1. The highest BCUT2D eigenvalue weighted by molar-refractivity contribution is 8.16. The van der Waals surface area contributed by atoms with E-state index in [9.17, 15) is 14.7 Å². The zero-order chi connectivity index (χ0) is 34.2. The Kier molecular flexibility index (Phi) is 9.83. The maximum atomic E-state index is 15.7. The van der Waals surface area contributed by atoms with Gasteiger partial charge in [-0.3, -0.25) is 9.79 Å². The van der Waals surface area contributed by atoms with Gasteiger partial charge in [0.1, 0.15) is 34.7 Å². The number of carbonyl (C=O) groups excluding carboxylic acids is 1. The van der Waals surface area contributed by atoms with Crippen LogP contribution in [0.1, 0.15) is 57.1 Å². The van der Waals surface area contributed by atoms with Gasteiger partial charge in [0.05, 0.1) is 17.9 Å². The number of aromatic nitrogens is 2. The highest BCUT2D eigenvalue weighted by Crippen LogP contribution is 2.70. The Morgan fingerprint density at radius 1 is 1.24 bits per heavy atom. The molecule has 1 aromatic heterocycles. The fraction of sp³-hybridized carbons (Fsp3) is 0.500. The quantitative estimate of drug-likeness (QED) is 0.171. The first-order chi connectivity index (χ1) is 21.3. The van der Waals surface area contributed by atoms with Gasteiger partial charge in [-0.25, -0.2) is 28.4 Å². The van der Waals surface area contributed by atoms with Gasteiger partial charge in [-0.1, -0.05) is 44.4 Å². The molecule has 2 aromatic rings. The van der Waals surface area contributed by atoms with Crippen LogP contribution in [0.3, 0.4) is 0 Å². The molecule has 4 atom stereocenters. The second kappa shape index (κ2) is 12.8. The molecule has 1 aromatic carbocycles. The summed E-state index contributed by atoms with van der Waals surface area (Å²) in [7, 11) is -1.46. The van der Waals surface area contributed by atoms with Crippen LogP contribution in [-0.2, 0) is 19.8 Å². The average molecular weight is 672 g/mol. The molecule has 2 heterocycles. The van der Waals surface area contributed by atoms with Crippen LogP contribution in [0.4, 0.5) is 13.6 Å². The van der Waals surface area contributed by atoms with Gasteiger partial charge in [-0.05, 0) is 63.4 Å². The number of hydrogen-bond acceptors (Lipinski definition) is 9. The molecule has 0 bridgehead atoms. The molecule has 246 valence electrons. The molecule has 10 nitrogen and oxygen atoms in total. The number of amides is 1. The summed E-state index contributed by atoms with van der Waals surface area (Å²) in [5.74, 6) is -3.66. The van der Waals surface area contributed by atoms with Crippen molar-refractivity contribution in [1.82, 2.24) is 14.9 Å². The average Bonchev–Trinajstić information content (AvgIpc) is 3.58. The number of benzene rings is 1. The molecule has 0 spiro atoms. The summed E-state index contributed by atoms with van der Waals surface area (Å²) in [4.78, 5) is 40.2. The summed E-state index contributed by atoms with van der Waals surface area (Å²) in [6, 6.07) is 6.62. The van der Waals surface area contributed by atoms with Crippen LogP contribution >= 0.6 is 11.8 Å². The van der Waals surface area contributed by atoms with Crippen LogP contribution in [0.15, 0.2) is 35.6 Å². The van der Waals surface area contributed by atoms with E-state index in [2.05, 4.69) is 29.6 Å². The molecule has 1 amide bonds. The number of carbonyl (C=O) groups is 2. The predicted molar refractivity (Wildman–Crippen MR) is 175 cm³/mol. The molecule has 46 heavy (non-hydrogen) atoms. The second-order valence-electron chi connectivity index (χ2n) is 13.9. The number of fused-ring (bicyclic) bond motifs is 1. The lowest BCUT2D eigenvalue weighted by Crippen LogP contribution is -2.47. The Bertz CT molecular complexity index is 1620. The van der Waals surface area contributed by atoms with E-state index in [4.69, 9.17) is 19.7 Å². The molecular formula is C32H39F2N5O5SSi. The number of thioether (sulfide) groups is 1. The molecule has 1 fully saturated rings. The Morgan fingerprint density at radius 2 is 1.93 bits per heavy atom. The summed E-state index contributed by atoms with van der Waals surface area (Å²) in [5.41, 5.74) is -2.11. The number of rotatable bonds is 9. The van der Waals surface area contributed by atoms with Gasteiger partial charge < -0.3 is 14.6 Å². The lowest BCUT2D eigenvalue weighted by atomic mass is 9.84. The Morgan fingerprint density at radius 3 is 2.50 bits per heavy atom. The summed E-state index contributed by atoms with van der Waals surface area (Å²) < 4.78 is 41.1. The number of nitriles is 1. The maximum Gasteiger partial charge on any atom is 0.418 e. The van der Waals surface area contributed by atoms with E-state index in [1.807, 2.05) is 6.07 Å². The molecule has 2 aliphatic rings. The fourth-order valence-corrected chi connectivity index (χ4v) is 7.97. The van der Waals surface area contributed by atoms with Crippen molar-refractivity contribution in [3.63, 3.8) is 0 Å². The highest BCUT2D eigenvalue weighted by atomic mass is 32.2. The molecule has 1 saturated carbocycles. The smallest absolute Gasteiger partial charge is 0.418 e. The molecule has 0 saturated heterocycles. The minimum atomic E-state index is -1.46. The van der Waals surface area contributed by atoms with Crippen molar-refractivity contribution < 1.29 is 33.0 Å². The first-order valence-electron chi connectivity index (χ1n) is 14.8. The molecule has 4 rings (SSSR count). The largest absolute Gasteiger partial charge is 0.480 e. The third-order valence-electron chi connectivity index (χ3n) is 7.96. The van der Waals surface area contributed by atoms with Crippen LogP contribution in [0.5, 0.6) is 0 Å². The van der Waals surface area contributed by atoms with Gasteiger partial charge in [0.25, 0.3) is 0 Å². The normalized spacial score (nSPS) is 24.4. The van der Waals surface area contributed by atoms with Crippen molar-refractivity contribution in [3.8, 4) is 6.07 Å². The van der Waals surface area contributed by atoms with Crippen LogP contribution in [0, 0.1) is 29.0 Å². The van der Waals surface area contributed by atoms with Gasteiger partial charge >= 0.3 is 12.1 Å². The van der Waals surface area contributed by atoms with E-state index < -0.39 is 59.5 Å². The van der Waals surface area contributed by atoms with Crippen molar-refractivity contribution in [2.75, 3.05) is 13.3 Å². The van der Waals surface area contributed by atoms with E-state index in [-0.39, 0.29) is 34.4 Å². The number of halogens is 2. The number of carboxylic acids is 1. The number of ether oxygens (including phenoxy) is 2. The number of nitrogens with zero attached hydrogens (tertiary/aromatic N) is 5. The minimum absolute atomic E-state index is 0.0275. The molecule has 1 aliphatic carbocycles. The SMILES string of the molecule is C[C@H]1[C@H]2[C@@]1(C(=O)O)SC(N(COCC[Si](C)(C)C)C(=O)OC(C)(C)C)=N[C@]2(C)c1cc(/C=C(\F)c2cnc(C#N)cn2)ccc1F. The van der Waals surface area contributed by atoms with Crippen molar-refractivity contribution in [1.29, 1.82) is 5.26 Å². The van der Waals surface area contributed by atoms with Crippen LogP contribution < -0.4 is 0 Å². The van der Waals surface area contributed by atoms with Gasteiger partial charge in [-0.2, -0.15) is 5.26 Å². The zero-order valence-corrected chi connectivity index (χ0v) is 29.0. The number of aliphatic imine (C=N–C) groups is 1. The lowest BCUT2D eigenvalue weighted by Gasteiger charge is -2.37. The number of aliphatic carboxylic acids is 1. The third-order valence-corrected chi connectivity index (χ3v) is 11.3. The van der Waals surface area contributed by atoms with Crippen molar-refractivity contribution in [2.24, 2.45) is 16.8 Å². The zero-order valence-electron chi connectivity index (χ0n) is 27.2. The van der Waals surface area contributed by atoms with Crippen molar-refractivity contribution in [2.45, 2.75) is 76.2 Å². The number of hydrogen-bond donors (Lipinski definition) is 1. The van der Waals surface area contributed by atoms with Gasteiger partial charge in [0.15, 0.2) is 16.7 Å². The Balaban J connectivity index is 1.79. The molecule has 0 radical (unpaired) electrons. The van der Waals surface area contributed by atoms with E-state index >= 15 is 8.78 Å². The van der Waals surface area contributed by atoms with E-state index in [1.54, 1.807) is 34.6 Å². The Hall–Kier alpha value is -3.67. The Labute approximate surface area is 272 Å². The van der Waals surface area contributed by atoms with Gasteiger partial charge in [0.2, 0.25) is 0 Å². The first-order valence-corrected chi connectivity index (χ1v) is 19.3. The summed E-state index contributed by atoms with van der Waals surface area (Å²) in [6.07, 6.45) is 2.63. The van der Waals surface area contributed by atoms with Gasteiger partial charge in [0, 0.05) is 26.2 Å². The monoisotopic (exact) mass is 671 g/mol.